The number of carbonyl (C=O) groups is 2. The highest BCUT2D eigenvalue weighted by molar-refractivity contribution is 6.21. The molecular formula is C14H18N2O2. The molecule has 18 heavy (non-hydrogen) atoms. The third-order valence-corrected chi connectivity index (χ3v) is 3.19. The standard InChI is InChI=1S/C14H18N2O2/c1-9(2)6-7-16-13(17)11-5-4-10(15-3)8-12(11)14(16)18/h4-5,8-9,15H,6-7H2,1-3H3. The van der Waals surface area contributed by atoms with Gasteiger partial charge in [0.1, 0.15) is 0 Å². The van der Waals surface area contributed by atoms with Crippen LogP contribution in [0.4, 0.5) is 5.69 Å². The van der Waals surface area contributed by atoms with Crippen LogP contribution in [0.1, 0.15) is 41.0 Å². The average Bonchev–Trinajstić information content (AvgIpc) is 2.59. The van der Waals surface area contributed by atoms with Gasteiger partial charge in [0.25, 0.3) is 11.8 Å². The van der Waals surface area contributed by atoms with Gasteiger partial charge >= 0.3 is 0 Å². The predicted molar refractivity (Wildman–Crippen MR) is 70.8 cm³/mol. The molecule has 0 spiro atoms. The summed E-state index contributed by atoms with van der Waals surface area (Å²) in [7, 11) is 1.79. The Balaban J connectivity index is 2.26. The second kappa shape index (κ2) is 4.80. The maximum absolute atomic E-state index is 12.2. The maximum Gasteiger partial charge on any atom is 0.261 e. The Kier molecular flexibility index (Phi) is 3.36. The molecule has 0 saturated carbocycles. The van der Waals surface area contributed by atoms with Crippen LogP contribution in [0.3, 0.4) is 0 Å². The van der Waals surface area contributed by atoms with Crippen molar-refractivity contribution in [3.63, 3.8) is 0 Å². The van der Waals surface area contributed by atoms with Crippen LogP contribution in [0.25, 0.3) is 0 Å². The second-order valence-corrected chi connectivity index (χ2v) is 4.95. The quantitative estimate of drug-likeness (QED) is 0.830. The number of nitrogens with one attached hydrogen (secondary N) is 1. The van der Waals surface area contributed by atoms with Gasteiger partial charge in [-0.25, -0.2) is 0 Å². The van der Waals surface area contributed by atoms with Crippen molar-refractivity contribution in [1.82, 2.24) is 4.90 Å². The first kappa shape index (κ1) is 12.6. The van der Waals surface area contributed by atoms with E-state index in [1.54, 1.807) is 19.2 Å². The van der Waals surface area contributed by atoms with Crippen molar-refractivity contribution in [2.24, 2.45) is 5.92 Å². The molecule has 4 nitrogen and oxygen atoms in total. The van der Waals surface area contributed by atoms with Crippen LogP contribution in [0.2, 0.25) is 0 Å². The Hall–Kier alpha value is -1.84. The first-order valence-electron chi connectivity index (χ1n) is 6.22. The molecule has 96 valence electrons. The lowest BCUT2D eigenvalue weighted by Crippen LogP contribution is -2.31. The van der Waals surface area contributed by atoms with Crippen LogP contribution in [-0.4, -0.2) is 30.3 Å². The van der Waals surface area contributed by atoms with Crippen molar-refractivity contribution < 1.29 is 9.59 Å². The zero-order valence-corrected chi connectivity index (χ0v) is 11.0. The summed E-state index contributed by atoms with van der Waals surface area (Å²) in [6.07, 6.45) is 0.838. The molecular weight excluding hydrogens is 228 g/mol. The lowest BCUT2D eigenvalue weighted by Gasteiger charge is -2.14. The van der Waals surface area contributed by atoms with E-state index in [0.29, 0.717) is 23.6 Å². The van der Waals surface area contributed by atoms with Gasteiger partial charge in [0.15, 0.2) is 0 Å². The summed E-state index contributed by atoms with van der Waals surface area (Å²) in [4.78, 5) is 25.6. The molecule has 1 heterocycles. The van der Waals surface area contributed by atoms with E-state index in [4.69, 9.17) is 0 Å². The van der Waals surface area contributed by atoms with Crippen molar-refractivity contribution >= 4 is 17.5 Å². The number of nitrogens with zero attached hydrogens (tertiary/aromatic N) is 1. The fourth-order valence-electron chi connectivity index (χ4n) is 2.04. The third kappa shape index (κ3) is 2.10. The summed E-state index contributed by atoms with van der Waals surface area (Å²) in [5.74, 6) is 0.133. The summed E-state index contributed by atoms with van der Waals surface area (Å²) in [6.45, 7) is 4.66. The van der Waals surface area contributed by atoms with E-state index >= 15 is 0 Å². The summed E-state index contributed by atoms with van der Waals surface area (Å²) in [5, 5.41) is 2.98. The number of benzene rings is 1. The Morgan fingerprint density at radius 1 is 1.17 bits per heavy atom. The van der Waals surface area contributed by atoms with Crippen LogP contribution in [0.15, 0.2) is 18.2 Å². The molecule has 0 bridgehead atoms. The Bertz CT molecular complexity index is 495. The SMILES string of the molecule is CNc1ccc2c(c1)C(=O)N(CCC(C)C)C2=O. The highest BCUT2D eigenvalue weighted by Gasteiger charge is 2.35. The molecule has 4 heteroatoms. The van der Waals surface area contributed by atoms with Gasteiger partial charge in [-0.1, -0.05) is 13.8 Å². The number of imide groups is 1. The molecule has 0 fully saturated rings. The fourth-order valence-corrected chi connectivity index (χ4v) is 2.04. The number of carbonyl (C=O) groups excluding carboxylic acids is 2. The average molecular weight is 246 g/mol. The van der Waals surface area contributed by atoms with E-state index < -0.39 is 0 Å². The Labute approximate surface area is 107 Å². The number of rotatable bonds is 4. The Morgan fingerprint density at radius 3 is 2.44 bits per heavy atom. The van der Waals surface area contributed by atoms with E-state index in [-0.39, 0.29) is 11.8 Å². The zero-order valence-electron chi connectivity index (χ0n) is 11.0. The van der Waals surface area contributed by atoms with Crippen molar-refractivity contribution in [3.8, 4) is 0 Å². The summed E-state index contributed by atoms with van der Waals surface area (Å²) in [5.41, 5.74) is 1.87. The van der Waals surface area contributed by atoms with Gasteiger partial charge in [-0.3, -0.25) is 14.5 Å². The highest BCUT2D eigenvalue weighted by atomic mass is 16.2. The molecule has 1 aromatic rings. The smallest absolute Gasteiger partial charge is 0.261 e. The van der Waals surface area contributed by atoms with Gasteiger partial charge < -0.3 is 5.32 Å². The van der Waals surface area contributed by atoms with Gasteiger partial charge in [0, 0.05) is 19.3 Å². The molecule has 1 aliphatic rings. The zero-order chi connectivity index (χ0) is 13.3. The second-order valence-electron chi connectivity index (χ2n) is 4.95. The summed E-state index contributed by atoms with van der Waals surface area (Å²) in [6, 6.07) is 5.28. The maximum atomic E-state index is 12.2. The Morgan fingerprint density at radius 2 is 1.83 bits per heavy atom. The van der Waals surface area contributed by atoms with Crippen LogP contribution in [0, 0.1) is 5.92 Å². The minimum Gasteiger partial charge on any atom is -0.388 e. The van der Waals surface area contributed by atoms with E-state index in [1.165, 1.54) is 4.90 Å². The third-order valence-electron chi connectivity index (χ3n) is 3.19. The lowest BCUT2D eigenvalue weighted by molar-refractivity contribution is 0.0648. The lowest BCUT2D eigenvalue weighted by atomic mass is 10.1. The fraction of sp³-hybridized carbons (Fsp3) is 0.429. The first-order valence-corrected chi connectivity index (χ1v) is 6.22. The molecule has 0 saturated heterocycles. The summed E-state index contributed by atoms with van der Waals surface area (Å²) >= 11 is 0. The van der Waals surface area contributed by atoms with Gasteiger partial charge in [-0.15, -0.1) is 0 Å². The van der Waals surface area contributed by atoms with E-state index in [0.717, 1.165) is 12.1 Å². The molecule has 0 atom stereocenters. The van der Waals surface area contributed by atoms with E-state index in [1.807, 2.05) is 6.07 Å². The van der Waals surface area contributed by atoms with Crippen LogP contribution in [-0.2, 0) is 0 Å². The van der Waals surface area contributed by atoms with E-state index in [2.05, 4.69) is 19.2 Å². The predicted octanol–water partition coefficient (Wildman–Crippen LogP) is 2.37. The van der Waals surface area contributed by atoms with Crippen molar-refractivity contribution in [1.29, 1.82) is 0 Å². The highest BCUT2D eigenvalue weighted by Crippen LogP contribution is 2.26. The van der Waals surface area contributed by atoms with Gasteiger partial charge in [0.05, 0.1) is 11.1 Å². The minimum atomic E-state index is -0.173. The van der Waals surface area contributed by atoms with Gasteiger partial charge in [-0.05, 0) is 30.5 Å². The molecule has 0 radical (unpaired) electrons. The molecule has 1 N–H and O–H groups in total. The van der Waals surface area contributed by atoms with Crippen molar-refractivity contribution in [2.45, 2.75) is 20.3 Å². The summed E-state index contributed by atoms with van der Waals surface area (Å²) < 4.78 is 0. The largest absolute Gasteiger partial charge is 0.388 e. The number of amides is 2. The van der Waals surface area contributed by atoms with Crippen molar-refractivity contribution in [3.05, 3.63) is 29.3 Å². The van der Waals surface area contributed by atoms with Crippen molar-refractivity contribution in [2.75, 3.05) is 18.9 Å². The molecule has 0 aliphatic carbocycles. The van der Waals surface area contributed by atoms with E-state index in [9.17, 15) is 9.59 Å². The monoisotopic (exact) mass is 246 g/mol. The van der Waals surface area contributed by atoms with Crippen LogP contribution >= 0.6 is 0 Å². The molecule has 1 aliphatic heterocycles. The number of anilines is 1. The molecule has 1 aromatic carbocycles. The molecule has 2 amide bonds. The number of hydrogen-bond donors (Lipinski definition) is 1. The minimum absolute atomic E-state index is 0.168. The molecule has 0 aromatic heterocycles. The van der Waals surface area contributed by atoms with Crippen LogP contribution in [0.5, 0.6) is 0 Å². The normalized spacial score (nSPS) is 14.3. The van der Waals surface area contributed by atoms with Crippen LogP contribution < -0.4 is 5.32 Å². The number of fused-ring (bicyclic) bond motifs is 1. The van der Waals surface area contributed by atoms with Gasteiger partial charge in [0.2, 0.25) is 0 Å². The topological polar surface area (TPSA) is 49.4 Å². The molecule has 2 rings (SSSR count). The number of hydrogen-bond acceptors (Lipinski definition) is 3. The first-order chi connectivity index (χ1) is 8.54. The van der Waals surface area contributed by atoms with Gasteiger partial charge in [-0.2, -0.15) is 0 Å². The molecule has 0 unspecified atom stereocenters.